The molecule has 1 heteroatoms. The summed E-state index contributed by atoms with van der Waals surface area (Å²) in [6.45, 7) is 0. The number of fused-ring (bicyclic) bond motifs is 5. The summed E-state index contributed by atoms with van der Waals surface area (Å²) in [4.78, 5) is 2.68. The van der Waals surface area contributed by atoms with Crippen LogP contribution in [0, 0.1) is 5.92 Å². The van der Waals surface area contributed by atoms with Crippen molar-refractivity contribution in [1.82, 2.24) is 0 Å². The molecule has 0 saturated heterocycles. The van der Waals surface area contributed by atoms with Crippen molar-refractivity contribution in [3.63, 3.8) is 0 Å². The van der Waals surface area contributed by atoms with Crippen molar-refractivity contribution in [2.24, 2.45) is 5.92 Å². The van der Waals surface area contributed by atoms with Crippen LogP contribution in [0.2, 0.25) is 0 Å². The number of nitrogens with zero attached hydrogens (tertiary/aromatic N) is 1. The van der Waals surface area contributed by atoms with Crippen molar-refractivity contribution in [2.75, 3.05) is 4.90 Å². The Morgan fingerprint density at radius 2 is 1.42 bits per heavy atom. The zero-order valence-electron chi connectivity index (χ0n) is 25.6. The Morgan fingerprint density at radius 1 is 0.622 bits per heavy atom. The summed E-state index contributed by atoms with van der Waals surface area (Å²) in [7, 11) is 0. The van der Waals surface area contributed by atoms with Crippen molar-refractivity contribution in [2.45, 2.75) is 55.9 Å². The van der Waals surface area contributed by atoms with Gasteiger partial charge in [-0.05, 0) is 124 Å². The molecular weight excluding hydrogens is 542 g/mol. The van der Waals surface area contributed by atoms with Crippen LogP contribution in [0.25, 0.3) is 22.3 Å². The molecule has 0 N–H and O–H groups in total. The van der Waals surface area contributed by atoms with Gasteiger partial charge in [-0.3, -0.25) is 0 Å². The summed E-state index contributed by atoms with van der Waals surface area (Å²) < 4.78 is 0. The lowest BCUT2D eigenvalue weighted by atomic mass is 9.67. The lowest BCUT2D eigenvalue weighted by molar-refractivity contribution is 0.430. The molecule has 5 aliphatic rings. The van der Waals surface area contributed by atoms with Gasteiger partial charge in [-0.15, -0.1) is 0 Å². The summed E-state index contributed by atoms with van der Waals surface area (Å²) in [6, 6.07) is 46.7. The van der Waals surface area contributed by atoms with E-state index in [1.807, 2.05) is 0 Å². The van der Waals surface area contributed by atoms with Crippen LogP contribution in [0.5, 0.6) is 0 Å². The quantitative estimate of drug-likeness (QED) is 0.205. The topological polar surface area (TPSA) is 3.24 Å². The molecule has 5 aliphatic carbocycles. The van der Waals surface area contributed by atoms with Crippen molar-refractivity contribution < 1.29 is 0 Å². The van der Waals surface area contributed by atoms with E-state index in [-0.39, 0.29) is 5.41 Å². The number of para-hydroxylation sites is 1. The summed E-state index contributed by atoms with van der Waals surface area (Å²) in [6.07, 6.45) is 12.1. The third kappa shape index (κ3) is 3.45. The molecule has 0 amide bonds. The van der Waals surface area contributed by atoms with E-state index < -0.39 is 0 Å². The largest absolute Gasteiger partial charge is 0.338 e. The van der Waals surface area contributed by atoms with Crippen molar-refractivity contribution in [3.8, 4) is 11.1 Å². The molecular formula is C44H37N. The number of hydrogen-bond donors (Lipinski definition) is 0. The van der Waals surface area contributed by atoms with Crippen LogP contribution in [0.15, 0.2) is 133 Å². The molecule has 0 heterocycles. The Balaban J connectivity index is 1.16. The SMILES string of the molecule is C1=C(c2ccccc2)CCCC(N(c2ccccc2)c2ccc3c(c2)C24c5ccccc5C5CCC=C(c6cccc-3c62)C54)C1. The number of benzene rings is 5. The second-order valence-corrected chi connectivity index (χ2v) is 13.8. The van der Waals surface area contributed by atoms with Gasteiger partial charge in [0.25, 0.3) is 0 Å². The van der Waals surface area contributed by atoms with E-state index in [1.165, 1.54) is 70.4 Å². The minimum absolute atomic E-state index is 0.0863. The van der Waals surface area contributed by atoms with Gasteiger partial charge >= 0.3 is 0 Å². The first kappa shape index (κ1) is 25.7. The number of anilines is 2. The van der Waals surface area contributed by atoms with E-state index in [1.54, 1.807) is 22.3 Å². The van der Waals surface area contributed by atoms with Crippen molar-refractivity contribution in [1.29, 1.82) is 0 Å². The lowest BCUT2D eigenvalue weighted by Gasteiger charge is -2.37. The molecule has 0 radical (unpaired) electrons. The minimum atomic E-state index is -0.0863. The fourth-order valence-electron chi connectivity index (χ4n) is 10.2. The first-order valence-electron chi connectivity index (χ1n) is 17.0. The molecule has 5 aromatic rings. The van der Waals surface area contributed by atoms with Crippen molar-refractivity contribution >= 4 is 22.5 Å². The normalized spacial score (nSPS) is 24.9. The van der Waals surface area contributed by atoms with Gasteiger partial charge < -0.3 is 4.90 Å². The lowest BCUT2D eigenvalue weighted by Crippen LogP contribution is -2.32. The zero-order valence-corrected chi connectivity index (χ0v) is 25.6. The zero-order chi connectivity index (χ0) is 29.5. The van der Waals surface area contributed by atoms with Gasteiger partial charge in [-0.2, -0.15) is 0 Å². The summed E-state index contributed by atoms with van der Waals surface area (Å²) in [5.41, 5.74) is 17.7. The monoisotopic (exact) mass is 579 g/mol. The average Bonchev–Trinajstić information content (AvgIpc) is 3.60. The van der Waals surface area contributed by atoms with E-state index in [0.29, 0.717) is 17.9 Å². The molecule has 45 heavy (non-hydrogen) atoms. The Bertz CT molecular complexity index is 2030. The van der Waals surface area contributed by atoms with Gasteiger partial charge in [0.1, 0.15) is 0 Å². The van der Waals surface area contributed by atoms with Crippen LogP contribution in [-0.4, -0.2) is 6.04 Å². The predicted molar refractivity (Wildman–Crippen MR) is 187 cm³/mol. The highest BCUT2D eigenvalue weighted by atomic mass is 15.2. The maximum atomic E-state index is 2.68. The van der Waals surface area contributed by atoms with Gasteiger partial charge in [0, 0.05) is 23.3 Å². The van der Waals surface area contributed by atoms with Crippen LogP contribution < -0.4 is 4.90 Å². The highest BCUT2D eigenvalue weighted by Gasteiger charge is 2.64. The molecule has 4 unspecified atom stereocenters. The molecule has 4 atom stereocenters. The van der Waals surface area contributed by atoms with Gasteiger partial charge in [0.15, 0.2) is 0 Å². The molecule has 0 aromatic heterocycles. The fraction of sp³-hybridized carbons (Fsp3) is 0.227. The maximum absolute atomic E-state index is 2.68. The van der Waals surface area contributed by atoms with E-state index in [0.717, 1.165) is 12.8 Å². The molecule has 10 rings (SSSR count). The second kappa shape index (κ2) is 9.69. The molecule has 0 bridgehead atoms. The third-order valence-electron chi connectivity index (χ3n) is 11.8. The molecule has 1 nitrogen and oxygen atoms in total. The van der Waals surface area contributed by atoms with Gasteiger partial charge in [0.05, 0.1) is 5.41 Å². The third-order valence-corrected chi connectivity index (χ3v) is 11.8. The van der Waals surface area contributed by atoms with Crippen LogP contribution in [0.1, 0.15) is 77.8 Å². The first-order chi connectivity index (χ1) is 22.3. The van der Waals surface area contributed by atoms with Gasteiger partial charge in [-0.25, -0.2) is 0 Å². The Labute approximate surface area is 266 Å². The Kier molecular flexibility index (Phi) is 5.53. The maximum Gasteiger partial charge on any atom is 0.0547 e. The van der Waals surface area contributed by atoms with E-state index >= 15 is 0 Å². The minimum Gasteiger partial charge on any atom is -0.338 e. The molecule has 0 aliphatic heterocycles. The Morgan fingerprint density at radius 3 is 2.31 bits per heavy atom. The average molecular weight is 580 g/mol. The van der Waals surface area contributed by atoms with Crippen LogP contribution in [0.3, 0.4) is 0 Å². The summed E-state index contributed by atoms with van der Waals surface area (Å²) in [5.74, 6) is 1.08. The van der Waals surface area contributed by atoms with Gasteiger partial charge in [0.2, 0.25) is 0 Å². The fourth-order valence-corrected chi connectivity index (χ4v) is 10.2. The Hall–Kier alpha value is -4.62. The highest BCUT2D eigenvalue weighted by molar-refractivity contribution is 5.98. The van der Waals surface area contributed by atoms with Crippen molar-refractivity contribution in [3.05, 3.63) is 167 Å². The summed E-state index contributed by atoms with van der Waals surface area (Å²) >= 11 is 0. The van der Waals surface area contributed by atoms with Crippen LogP contribution in [-0.2, 0) is 5.41 Å². The first-order valence-corrected chi connectivity index (χ1v) is 17.0. The van der Waals surface area contributed by atoms with E-state index in [4.69, 9.17) is 0 Å². The second-order valence-electron chi connectivity index (χ2n) is 13.8. The summed E-state index contributed by atoms with van der Waals surface area (Å²) in [5, 5.41) is 0. The molecule has 5 aromatic carbocycles. The smallest absolute Gasteiger partial charge is 0.0547 e. The van der Waals surface area contributed by atoms with E-state index in [9.17, 15) is 0 Å². The van der Waals surface area contributed by atoms with Crippen LogP contribution in [0.4, 0.5) is 11.4 Å². The van der Waals surface area contributed by atoms with Crippen LogP contribution >= 0.6 is 0 Å². The number of hydrogen-bond acceptors (Lipinski definition) is 1. The predicted octanol–water partition coefficient (Wildman–Crippen LogP) is 11.1. The standard InChI is InChI=1S/C44H37N/c1-3-12-29(13-4-1)30-14-9-17-32(25-24-30)45(31-15-5-2-6-16-31)33-26-27-35-37-20-11-22-39-38-21-10-19-36-34-18-7-8-23-40(34)44(42(36)38,43(37)39)41(35)28-33/h1-8,11-13,15-16,18,20-24,26-28,32,36,42H,9-10,14,17,19,25H2. The number of allylic oxidation sites excluding steroid dienone is 3. The molecule has 0 saturated carbocycles. The number of rotatable bonds is 4. The van der Waals surface area contributed by atoms with Gasteiger partial charge in [-0.1, -0.05) is 109 Å². The van der Waals surface area contributed by atoms with E-state index in [2.05, 4.69) is 138 Å². The highest BCUT2D eigenvalue weighted by Crippen LogP contribution is 2.73. The molecule has 218 valence electrons. The molecule has 1 spiro atoms. The molecule has 0 fully saturated rings.